The van der Waals surface area contributed by atoms with Gasteiger partial charge in [-0.15, -0.1) is 0 Å². The minimum Gasteiger partial charge on any atom is -0.347 e. The summed E-state index contributed by atoms with van der Waals surface area (Å²) in [7, 11) is 0. The van der Waals surface area contributed by atoms with Crippen LogP contribution in [0.15, 0.2) is 35.1 Å². The number of rotatable bonds is 4. The number of amides is 1. The van der Waals surface area contributed by atoms with Crippen molar-refractivity contribution < 1.29 is 4.79 Å². The largest absolute Gasteiger partial charge is 0.347 e. The molecule has 0 aliphatic carbocycles. The number of benzene rings is 1. The minimum absolute atomic E-state index is 0.134. The number of H-pyrrole nitrogens is 1. The number of nitrogens with zero attached hydrogens (tertiary/aromatic N) is 1. The Labute approximate surface area is 124 Å². The van der Waals surface area contributed by atoms with Crippen LogP contribution in [0, 0.1) is 0 Å². The molecule has 1 unspecified atom stereocenters. The lowest BCUT2D eigenvalue weighted by molar-refractivity contribution is 0.0933. The van der Waals surface area contributed by atoms with Crippen molar-refractivity contribution in [3.8, 4) is 0 Å². The second-order valence-electron chi connectivity index (χ2n) is 4.03. The lowest BCUT2D eigenvalue weighted by atomic mass is 10.1. The number of aromatic amines is 1. The van der Waals surface area contributed by atoms with Gasteiger partial charge in [-0.05, 0) is 40.5 Å². The van der Waals surface area contributed by atoms with E-state index in [4.69, 9.17) is 11.6 Å². The van der Waals surface area contributed by atoms with E-state index in [1.807, 2.05) is 6.92 Å². The van der Waals surface area contributed by atoms with Gasteiger partial charge in [-0.1, -0.05) is 18.5 Å². The lowest BCUT2D eigenvalue weighted by Gasteiger charge is -2.15. The van der Waals surface area contributed by atoms with Gasteiger partial charge in [0.1, 0.15) is 5.82 Å². The van der Waals surface area contributed by atoms with Crippen LogP contribution in [0.4, 0.5) is 0 Å². The van der Waals surface area contributed by atoms with Gasteiger partial charge in [0, 0.05) is 21.9 Å². The third-order valence-corrected chi connectivity index (χ3v) is 3.63. The molecule has 1 atom stereocenters. The van der Waals surface area contributed by atoms with Gasteiger partial charge >= 0.3 is 0 Å². The number of carbonyl (C=O) groups is 1. The average Bonchev–Trinajstić information content (AvgIpc) is 2.89. The molecule has 0 saturated heterocycles. The molecule has 19 heavy (non-hydrogen) atoms. The molecule has 4 nitrogen and oxygen atoms in total. The van der Waals surface area contributed by atoms with E-state index in [0.29, 0.717) is 15.1 Å². The average molecular weight is 343 g/mol. The first-order chi connectivity index (χ1) is 9.11. The van der Waals surface area contributed by atoms with Gasteiger partial charge in [-0.2, -0.15) is 0 Å². The Morgan fingerprint density at radius 3 is 2.95 bits per heavy atom. The maximum atomic E-state index is 12.2. The quantitative estimate of drug-likeness (QED) is 0.890. The minimum atomic E-state index is -0.160. The van der Waals surface area contributed by atoms with E-state index in [2.05, 4.69) is 31.2 Å². The molecule has 100 valence electrons. The highest BCUT2D eigenvalue weighted by atomic mass is 79.9. The standard InChI is InChI=1S/C13H13BrClN3O/c1-2-11(12-16-5-6-17-12)18-13(19)9-4-3-8(15)7-10(9)14/h3-7,11H,2H2,1H3,(H,16,17)(H,18,19). The summed E-state index contributed by atoms with van der Waals surface area (Å²) in [6, 6.07) is 4.95. The molecule has 0 aliphatic heterocycles. The van der Waals surface area contributed by atoms with Gasteiger partial charge in [-0.3, -0.25) is 4.79 Å². The maximum Gasteiger partial charge on any atom is 0.253 e. The van der Waals surface area contributed by atoms with Crippen LogP contribution in [0.5, 0.6) is 0 Å². The molecule has 0 fully saturated rings. The van der Waals surface area contributed by atoms with Crippen molar-refractivity contribution in [3.05, 3.63) is 51.5 Å². The zero-order chi connectivity index (χ0) is 13.8. The van der Waals surface area contributed by atoms with Crippen LogP contribution in [0.25, 0.3) is 0 Å². The van der Waals surface area contributed by atoms with E-state index in [9.17, 15) is 4.79 Å². The smallest absolute Gasteiger partial charge is 0.253 e. The molecule has 2 N–H and O–H groups in total. The molecule has 1 aromatic carbocycles. The summed E-state index contributed by atoms with van der Waals surface area (Å²) in [4.78, 5) is 19.4. The van der Waals surface area contributed by atoms with Crippen LogP contribution in [0.2, 0.25) is 5.02 Å². The van der Waals surface area contributed by atoms with Crippen LogP contribution in [-0.4, -0.2) is 15.9 Å². The number of nitrogens with one attached hydrogen (secondary N) is 2. The lowest BCUT2D eigenvalue weighted by Crippen LogP contribution is -2.29. The summed E-state index contributed by atoms with van der Waals surface area (Å²) in [6.07, 6.45) is 4.16. The Bertz CT molecular complexity index is 571. The van der Waals surface area contributed by atoms with Crippen molar-refractivity contribution in [3.63, 3.8) is 0 Å². The molecule has 0 aliphatic rings. The highest BCUT2D eigenvalue weighted by Crippen LogP contribution is 2.22. The normalized spacial score (nSPS) is 12.2. The Kier molecular flexibility index (Phi) is 4.61. The van der Waals surface area contributed by atoms with E-state index in [1.54, 1.807) is 30.6 Å². The van der Waals surface area contributed by atoms with Crippen LogP contribution >= 0.6 is 27.5 Å². The number of hydrogen-bond acceptors (Lipinski definition) is 2. The molecule has 2 rings (SSSR count). The van der Waals surface area contributed by atoms with E-state index >= 15 is 0 Å². The predicted octanol–water partition coefficient (Wildman–Crippen LogP) is 3.71. The first-order valence-corrected chi connectivity index (χ1v) is 7.04. The van der Waals surface area contributed by atoms with E-state index < -0.39 is 0 Å². The zero-order valence-corrected chi connectivity index (χ0v) is 12.6. The van der Waals surface area contributed by atoms with Crippen molar-refractivity contribution in [2.45, 2.75) is 19.4 Å². The third kappa shape index (κ3) is 3.36. The molecule has 1 aromatic heterocycles. The van der Waals surface area contributed by atoms with Gasteiger partial charge in [0.05, 0.1) is 11.6 Å². The molecule has 0 bridgehead atoms. The molecule has 1 heterocycles. The fourth-order valence-corrected chi connectivity index (χ4v) is 2.60. The summed E-state index contributed by atoms with van der Waals surface area (Å²) in [5.41, 5.74) is 0.550. The van der Waals surface area contributed by atoms with Gasteiger partial charge in [0.2, 0.25) is 0 Å². The topological polar surface area (TPSA) is 57.8 Å². The van der Waals surface area contributed by atoms with Crippen LogP contribution in [0.1, 0.15) is 35.6 Å². The van der Waals surface area contributed by atoms with Crippen molar-refractivity contribution in [1.82, 2.24) is 15.3 Å². The molecule has 2 aromatic rings. The number of imidazole rings is 1. The predicted molar refractivity (Wildman–Crippen MR) is 78.2 cm³/mol. The van der Waals surface area contributed by atoms with E-state index in [-0.39, 0.29) is 11.9 Å². The van der Waals surface area contributed by atoms with Gasteiger partial charge in [0.15, 0.2) is 0 Å². The first kappa shape index (κ1) is 14.1. The van der Waals surface area contributed by atoms with Crippen LogP contribution in [-0.2, 0) is 0 Å². The third-order valence-electron chi connectivity index (χ3n) is 2.74. The first-order valence-electron chi connectivity index (χ1n) is 5.87. The second-order valence-corrected chi connectivity index (χ2v) is 5.32. The van der Waals surface area contributed by atoms with Gasteiger partial charge in [0.25, 0.3) is 5.91 Å². The van der Waals surface area contributed by atoms with Gasteiger partial charge < -0.3 is 10.3 Å². The summed E-state index contributed by atoms with van der Waals surface area (Å²) < 4.78 is 0.673. The summed E-state index contributed by atoms with van der Waals surface area (Å²) >= 11 is 9.20. The summed E-state index contributed by atoms with van der Waals surface area (Å²) in [5, 5.41) is 3.52. The Morgan fingerprint density at radius 2 is 2.37 bits per heavy atom. The van der Waals surface area contributed by atoms with Crippen LogP contribution < -0.4 is 5.32 Å². The zero-order valence-electron chi connectivity index (χ0n) is 10.3. The number of halogens is 2. The highest BCUT2D eigenvalue weighted by molar-refractivity contribution is 9.10. The SMILES string of the molecule is CCC(NC(=O)c1ccc(Cl)cc1Br)c1ncc[nH]1. The number of aromatic nitrogens is 2. The monoisotopic (exact) mass is 341 g/mol. The molecular weight excluding hydrogens is 330 g/mol. The molecule has 6 heteroatoms. The van der Waals surface area contributed by atoms with Crippen LogP contribution in [0.3, 0.4) is 0 Å². The number of hydrogen-bond donors (Lipinski definition) is 2. The van der Waals surface area contributed by atoms with E-state index in [0.717, 1.165) is 12.2 Å². The number of carbonyl (C=O) groups excluding carboxylic acids is 1. The van der Waals surface area contributed by atoms with Crippen molar-refractivity contribution in [2.24, 2.45) is 0 Å². The van der Waals surface area contributed by atoms with Gasteiger partial charge in [-0.25, -0.2) is 4.98 Å². The van der Waals surface area contributed by atoms with Crippen molar-refractivity contribution in [2.75, 3.05) is 0 Å². The maximum absolute atomic E-state index is 12.2. The molecule has 0 radical (unpaired) electrons. The molecular formula is C13H13BrClN3O. The fourth-order valence-electron chi connectivity index (χ4n) is 1.74. The fraction of sp³-hybridized carbons (Fsp3) is 0.231. The summed E-state index contributed by atoms with van der Waals surface area (Å²) in [6.45, 7) is 1.99. The summed E-state index contributed by atoms with van der Waals surface area (Å²) in [5.74, 6) is 0.590. The Balaban J connectivity index is 2.16. The molecule has 0 spiro atoms. The van der Waals surface area contributed by atoms with Crippen molar-refractivity contribution in [1.29, 1.82) is 0 Å². The van der Waals surface area contributed by atoms with E-state index in [1.165, 1.54) is 0 Å². The molecule has 0 saturated carbocycles. The highest BCUT2D eigenvalue weighted by Gasteiger charge is 2.17. The Hall–Kier alpha value is -1.33. The van der Waals surface area contributed by atoms with Crippen molar-refractivity contribution >= 4 is 33.4 Å². The molecule has 1 amide bonds. The Morgan fingerprint density at radius 1 is 1.58 bits per heavy atom. The second kappa shape index (κ2) is 6.21.